The van der Waals surface area contributed by atoms with Crippen molar-refractivity contribution in [3.05, 3.63) is 65.1 Å². The molecule has 0 bridgehead atoms. The van der Waals surface area contributed by atoms with Crippen molar-refractivity contribution in [3.63, 3.8) is 0 Å². The van der Waals surface area contributed by atoms with Crippen LogP contribution in [0.5, 0.6) is 0 Å². The van der Waals surface area contributed by atoms with Crippen LogP contribution in [0.15, 0.2) is 59.4 Å². The summed E-state index contributed by atoms with van der Waals surface area (Å²) in [6, 6.07) is 17.8. The Balaban J connectivity index is 1.38. The number of para-hydroxylation sites is 3. The lowest BCUT2D eigenvalue weighted by Gasteiger charge is -2.23. The second-order valence-electron chi connectivity index (χ2n) is 7.24. The van der Waals surface area contributed by atoms with Gasteiger partial charge in [-0.25, -0.2) is 4.79 Å². The molecule has 0 radical (unpaired) electrons. The molecule has 1 atom stereocenters. The number of amides is 1. The summed E-state index contributed by atoms with van der Waals surface area (Å²) < 4.78 is 1.51. The third-order valence-corrected chi connectivity index (χ3v) is 5.34. The molecule has 0 aliphatic carbocycles. The highest BCUT2D eigenvalue weighted by Crippen LogP contribution is 2.24. The molecule has 1 amide bonds. The van der Waals surface area contributed by atoms with Crippen molar-refractivity contribution in [2.75, 3.05) is 31.6 Å². The Hall–Kier alpha value is -3.02. The summed E-state index contributed by atoms with van der Waals surface area (Å²) in [5, 5.41) is 0. The summed E-state index contributed by atoms with van der Waals surface area (Å²) in [5.74, 6) is 0.402. The minimum Gasteiger partial charge on any atom is -0.371 e. The van der Waals surface area contributed by atoms with Gasteiger partial charge in [-0.15, -0.1) is 0 Å². The van der Waals surface area contributed by atoms with Crippen molar-refractivity contribution in [2.45, 2.75) is 13.0 Å². The molecule has 1 N–H and O–H groups in total. The number of rotatable bonds is 5. The first-order valence-electron chi connectivity index (χ1n) is 9.33. The van der Waals surface area contributed by atoms with Gasteiger partial charge in [0.1, 0.15) is 6.54 Å². The van der Waals surface area contributed by atoms with Crippen LogP contribution in [0.2, 0.25) is 0 Å². The molecule has 2 aromatic carbocycles. The van der Waals surface area contributed by atoms with E-state index in [1.807, 2.05) is 37.4 Å². The number of imidazole rings is 1. The molecular weight excluding hydrogens is 340 g/mol. The molecule has 140 valence electrons. The highest BCUT2D eigenvalue weighted by molar-refractivity contribution is 5.80. The fourth-order valence-electron chi connectivity index (χ4n) is 3.86. The van der Waals surface area contributed by atoms with E-state index in [9.17, 15) is 9.59 Å². The third kappa shape index (κ3) is 3.60. The Bertz CT molecular complexity index is 992. The smallest absolute Gasteiger partial charge is 0.326 e. The minimum atomic E-state index is -0.242. The molecule has 1 saturated heterocycles. The van der Waals surface area contributed by atoms with Gasteiger partial charge in [0.25, 0.3) is 0 Å². The lowest BCUT2D eigenvalue weighted by atomic mass is 10.1. The van der Waals surface area contributed by atoms with Crippen LogP contribution in [0.25, 0.3) is 11.0 Å². The number of hydrogen-bond donors (Lipinski definition) is 1. The van der Waals surface area contributed by atoms with E-state index in [2.05, 4.69) is 34.1 Å². The van der Waals surface area contributed by atoms with Gasteiger partial charge in [0.2, 0.25) is 5.91 Å². The van der Waals surface area contributed by atoms with Gasteiger partial charge in [-0.05, 0) is 36.6 Å². The number of benzene rings is 2. The van der Waals surface area contributed by atoms with Crippen LogP contribution in [0.1, 0.15) is 6.42 Å². The van der Waals surface area contributed by atoms with Crippen molar-refractivity contribution >= 4 is 22.6 Å². The van der Waals surface area contributed by atoms with Gasteiger partial charge in [0, 0.05) is 32.4 Å². The molecule has 2 heterocycles. The molecule has 1 aromatic heterocycles. The highest BCUT2D eigenvalue weighted by Gasteiger charge is 2.25. The molecule has 0 spiro atoms. The van der Waals surface area contributed by atoms with Crippen LogP contribution in [0.3, 0.4) is 0 Å². The molecule has 0 saturated carbocycles. The molecule has 6 nitrogen and oxygen atoms in total. The first-order valence-corrected chi connectivity index (χ1v) is 9.33. The maximum absolute atomic E-state index is 12.7. The lowest BCUT2D eigenvalue weighted by Crippen LogP contribution is -2.37. The van der Waals surface area contributed by atoms with Gasteiger partial charge in [0.15, 0.2) is 0 Å². The topological polar surface area (TPSA) is 61.3 Å². The first kappa shape index (κ1) is 17.4. The van der Waals surface area contributed by atoms with Gasteiger partial charge >= 0.3 is 5.69 Å². The standard InChI is InChI=1S/C21H24N4O2/c1-23(13-16-11-12-24(14-16)17-7-3-2-4-8-17)20(26)15-25-19-10-6-5-9-18(19)22-21(25)27/h2-10,16H,11-15H2,1H3,(H,22,27)/t16-/m0/s1. The quantitative estimate of drug-likeness (QED) is 0.756. The van der Waals surface area contributed by atoms with Gasteiger partial charge < -0.3 is 14.8 Å². The van der Waals surface area contributed by atoms with Crippen molar-refractivity contribution < 1.29 is 4.79 Å². The van der Waals surface area contributed by atoms with Crippen molar-refractivity contribution in [2.24, 2.45) is 5.92 Å². The maximum Gasteiger partial charge on any atom is 0.326 e. The van der Waals surface area contributed by atoms with E-state index in [-0.39, 0.29) is 18.1 Å². The zero-order chi connectivity index (χ0) is 18.8. The number of nitrogens with zero attached hydrogens (tertiary/aromatic N) is 3. The Labute approximate surface area is 158 Å². The monoisotopic (exact) mass is 364 g/mol. The fraction of sp³-hybridized carbons (Fsp3) is 0.333. The Morgan fingerprint density at radius 3 is 2.70 bits per heavy atom. The largest absolute Gasteiger partial charge is 0.371 e. The van der Waals surface area contributed by atoms with Crippen LogP contribution in [-0.4, -0.2) is 47.0 Å². The Kier molecular flexibility index (Phi) is 4.71. The molecule has 3 aromatic rings. The van der Waals surface area contributed by atoms with Gasteiger partial charge in [-0.3, -0.25) is 9.36 Å². The fourth-order valence-corrected chi connectivity index (χ4v) is 3.86. The summed E-state index contributed by atoms with van der Waals surface area (Å²) in [5.41, 5.74) is 2.51. The van der Waals surface area contributed by atoms with E-state index in [0.29, 0.717) is 12.5 Å². The van der Waals surface area contributed by atoms with E-state index in [0.717, 1.165) is 30.5 Å². The van der Waals surface area contributed by atoms with E-state index >= 15 is 0 Å². The average Bonchev–Trinajstić information content (AvgIpc) is 3.27. The molecule has 1 aliphatic rings. The van der Waals surface area contributed by atoms with E-state index in [4.69, 9.17) is 0 Å². The second-order valence-corrected chi connectivity index (χ2v) is 7.24. The highest BCUT2D eigenvalue weighted by atomic mass is 16.2. The van der Waals surface area contributed by atoms with Crippen LogP contribution in [0.4, 0.5) is 5.69 Å². The van der Waals surface area contributed by atoms with Crippen molar-refractivity contribution in [3.8, 4) is 0 Å². The normalized spacial score (nSPS) is 16.8. The van der Waals surface area contributed by atoms with Crippen molar-refractivity contribution in [1.29, 1.82) is 0 Å². The Morgan fingerprint density at radius 1 is 1.15 bits per heavy atom. The van der Waals surface area contributed by atoms with Gasteiger partial charge in [-0.2, -0.15) is 0 Å². The van der Waals surface area contributed by atoms with E-state index < -0.39 is 0 Å². The summed E-state index contributed by atoms with van der Waals surface area (Å²) in [7, 11) is 1.83. The summed E-state index contributed by atoms with van der Waals surface area (Å²) in [4.78, 5) is 31.8. The number of aromatic amines is 1. The van der Waals surface area contributed by atoms with E-state index in [1.165, 1.54) is 10.3 Å². The number of carbonyl (C=O) groups is 1. The number of carbonyl (C=O) groups excluding carboxylic acids is 1. The molecule has 27 heavy (non-hydrogen) atoms. The minimum absolute atomic E-state index is 0.0417. The molecule has 4 rings (SSSR count). The number of fused-ring (bicyclic) bond motifs is 1. The van der Waals surface area contributed by atoms with Crippen molar-refractivity contribution in [1.82, 2.24) is 14.5 Å². The SMILES string of the molecule is CN(C[C@@H]1CCN(c2ccccc2)C1)C(=O)Cn1c(=O)[nH]c2ccccc21. The predicted octanol–water partition coefficient (Wildman–Crippen LogP) is 2.31. The number of H-pyrrole nitrogens is 1. The lowest BCUT2D eigenvalue weighted by molar-refractivity contribution is -0.131. The summed E-state index contributed by atoms with van der Waals surface area (Å²) in [6.45, 7) is 2.74. The number of likely N-dealkylation sites (N-methyl/N-ethyl adjacent to an activating group) is 1. The Morgan fingerprint density at radius 2 is 1.89 bits per heavy atom. The number of nitrogens with one attached hydrogen (secondary N) is 1. The number of aromatic nitrogens is 2. The van der Waals surface area contributed by atoms with Crippen LogP contribution >= 0.6 is 0 Å². The molecule has 1 aliphatic heterocycles. The maximum atomic E-state index is 12.7. The zero-order valence-corrected chi connectivity index (χ0v) is 15.5. The molecular formula is C21H24N4O2. The first-order chi connectivity index (χ1) is 13.1. The van der Waals surface area contributed by atoms with Crippen LogP contribution in [0, 0.1) is 5.92 Å². The van der Waals surface area contributed by atoms with Gasteiger partial charge in [0.05, 0.1) is 11.0 Å². The summed E-state index contributed by atoms with van der Waals surface area (Å²) in [6.07, 6.45) is 1.07. The average molecular weight is 364 g/mol. The van der Waals surface area contributed by atoms with Crippen LogP contribution < -0.4 is 10.6 Å². The number of anilines is 1. The molecule has 1 fully saturated rings. The molecule has 0 unspecified atom stereocenters. The number of hydrogen-bond acceptors (Lipinski definition) is 3. The zero-order valence-electron chi connectivity index (χ0n) is 15.5. The second kappa shape index (κ2) is 7.31. The molecule has 6 heteroatoms. The third-order valence-electron chi connectivity index (χ3n) is 5.34. The van der Waals surface area contributed by atoms with E-state index in [1.54, 1.807) is 4.90 Å². The summed E-state index contributed by atoms with van der Waals surface area (Å²) >= 11 is 0. The van der Waals surface area contributed by atoms with Gasteiger partial charge in [-0.1, -0.05) is 30.3 Å². The van der Waals surface area contributed by atoms with Crippen LogP contribution in [-0.2, 0) is 11.3 Å². The predicted molar refractivity (Wildman–Crippen MR) is 107 cm³/mol.